The van der Waals surface area contributed by atoms with Crippen molar-refractivity contribution in [2.75, 3.05) is 0 Å². The van der Waals surface area contributed by atoms with E-state index in [1.165, 1.54) is 18.1 Å². The summed E-state index contributed by atoms with van der Waals surface area (Å²) in [5.74, 6) is 1.25. The lowest BCUT2D eigenvalue weighted by Gasteiger charge is -1.77. The van der Waals surface area contributed by atoms with Crippen molar-refractivity contribution in [3.8, 4) is 0 Å². The van der Waals surface area contributed by atoms with Gasteiger partial charge < -0.3 is 0 Å². The first-order chi connectivity index (χ1) is 3.81. The highest BCUT2D eigenvalue weighted by Gasteiger charge is 1.74. The number of isocyanates is 1. The topological polar surface area (TPSA) is 29.4 Å². The van der Waals surface area contributed by atoms with Crippen molar-refractivity contribution in [3.05, 3.63) is 24.3 Å². The normalized spacial score (nSPS) is 8.50. The summed E-state index contributed by atoms with van der Waals surface area (Å²) in [4.78, 5) is 12.6. The molecule has 0 N–H and O–H groups in total. The van der Waals surface area contributed by atoms with Gasteiger partial charge in [-0.05, 0) is 0 Å². The van der Waals surface area contributed by atoms with Crippen LogP contribution in [0, 0.1) is 0 Å². The molecule has 0 amide bonds. The molecule has 0 aromatic carbocycles. The van der Waals surface area contributed by atoms with Crippen LogP contribution < -0.4 is 0 Å². The van der Waals surface area contributed by atoms with E-state index in [1.807, 2.05) is 0 Å². The highest BCUT2D eigenvalue weighted by atomic mass is 16.1. The van der Waals surface area contributed by atoms with E-state index in [2.05, 4.69) is 11.6 Å². The zero-order valence-electron chi connectivity index (χ0n) is 4.29. The Morgan fingerprint density at radius 1 is 1.88 bits per heavy atom. The van der Waals surface area contributed by atoms with Crippen LogP contribution in [0.1, 0.15) is 0 Å². The van der Waals surface area contributed by atoms with Gasteiger partial charge in [-0.25, -0.2) is 4.79 Å². The van der Waals surface area contributed by atoms with Crippen molar-refractivity contribution in [3.63, 3.8) is 0 Å². The molecule has 38 valence electrons. The molecule has 2 radical (unpaired) electrons. The third-order valence-electron chi connectivity index (χ3n) is 0.478. The van der Waals surface area contributed by atoms with Crippen LogP contribution in [0.15, 0.2) is 29.3 Å². The Balaban J connectivity index is 3.84. The summed E-state index contributed by atoms with van der Waals surface area (Å²) >= 11 is 0. The molecule has 0 unspecified atom stereocenters. The number of aliphatic imine (C=N–C) groups is 1. The van der Waals surface area contributed by atoms with E-state index in [9.17, 15) is 4.79 Å². The van der Waals surface area contributed by atoms with Gasteiger partial charge in [0.25, 0.3) is 0 Å². The molecular formula is C5H4BNO. The lowest BCUT2D eigenvalue weighted by atomic mass is 10.1. The second-order valence-corrected chi connectivity index (χ2v) is 1.05. The van der Waals surface area contributed by atoms with E-state index in [0.29, 0.717) is 5.70 Å². The van der Waals surface area contributed by atoms with Gasteiger partial charge in [-0.2, -0.15) is 4.99 Å². The van der Waals surface area contributed by atoms with E-state index in [0.717, 1.165) is 0 Å². The highest BCUT2D eigenvalue weighted by Crippen LogP contribution is 1.89. The van der Waals surface area contributed by atoms with Crippen LogP contribution in [-0.4, -0.2) is 13.9 Å². The van der Waals surface area contributed by atoms with Crippen molar-refractivity contribution >= 4 is 13.9 Å². The molecule has 0 aliphatic carbocycles. The smallest absolute Gasteiger partial charge is 0.211 e. The molecule has 0 bridgehead atoms. The average Bonchev–Trinajstić information content (AvgIpc) is 1.68. The Morgan fingerprint density at radius 3 is 2.88 bits per heavy atom. The molecule has 0 heterocycles. The van der Waals surface area contributed by atoms with Crippen molar-refractivity contribution < 1.29 is 4.79 Å². The first kappa shape index (κ1) is 6.92. The van der Waals surface area contributed by atoms with Crippen molar-refractivity contribution in [1.29, 1.82) is 0 Å². The molecule has 0 aliphatic rings. The van der Waals surface area contributed by atoms with Crippen LogP contribution in [0.3, 0.4) is 0 Å². The number of carbonyl (C=O) groups excluding carboxylic acids is 1. The van der Waals surface area contributed by atoms with Crippen LogP contribution >= 0.6 is 0 Å². The van der Waals surface area contributed by atoms with Crippen LogP contribution in [0.4, 0.5) is 0 Å². The van der Waals surface area contributed by atoms with Crippen LogP contribution in [0.5, 0.6) is 0 Å². The van der Waals surface area contributed by atoms with Crippen LogP contribution in [0.25, 0.3) is 0 Å². The molecule has 2 nitrogen and oxygen atoms in total. The summed E-state index contributed by atoms with van der Waals surface area (Å²) < 4.78 is 0. The average molecular weight is 105 g/mol. The Bertz CT molecular complexity index is 156. The Hall–Kier alpha value is -1.08. The van der Waals surface area contributed by atoms with E-state index in [4.69, 9.17) is 7.85 Å². The van der Waals surface area contributed by atoms with E-state index in [1.54, 1.807) is 0 Å². The molecule has 0 spiro atoms. The molecule has 0 aromatic heterocycles. The minimum absolute atomic E-state index is 0.308. The number of hydrogen-bond donors (Lipinski definition) is 0. The second kappa shape index (κ2) is 4.09. The zero-order valence-corrected chi connectivity index (χ0v) is 4.29. The quantitative estimate of drug-likeness (QED) is 0.218. The van der Waals surface area contributed by atoms with Crippen LogP contribution in [-0.2, 0) is 4.79 Å². The maximum Gasteiger partial charge on any atom is 0.240 e. The third kappa shape index (κ3) is 3.13. The summed E-state index contributed by atoms with van der Waals surface area (Å²) in [7, 11) is 4.93. The summed E-state index contributed by atoms with van der Waals surface area (Å²) in [6.07, 6.45) is 2.73. The molecule has 0 aromatic rings. The third-order valence-corrected chi connectivity index (χ3v) is 0.478. The molecule has 0 fully saturated rings. The lowest BCUT2D eigenvalue weighted by Crippen LogP contribution is -1.64. The fourth-order valence-electron chi connectivity index (χ4n) is 0.207. The first-order valence-corrected chi connectivity index (χ1v) is 1.96. The van der Waals surface area contributed by atoms with Crippen molar-refractivity contribution in [1.82, 2.24) is 0 Å². The summed E-state index contributed by atoms with van der Waals surface area (Å²) in [6.45, 7) is 3.34. The molecule has 0 aliphatic heterocycles. The SMILES string of the molecule is [B]C=CC(=C)N=C=O. The van der Waals surface area contributed by atoms with Gasteiger partial charge in [-0.15, -0.1) is 5.98 Å². The molecule has 0 saturated heterocycles. The summed E-state index contributed by atoms with van der Waals surface area (Å²) in [5.41, 5.74) is 0.308. The Morgan fingerprint density at radius 2 is 2.50 bits per heavy atom. The van der Waals surface area contributed by atoms with Gasteiger partial charge in [0.2, 0.25) is 6.08 Å². The maximum atomic E-state index is 9.46. The standard InChI is InChI=1S/C5H4BNO/c1-5(2-3-6)7-4-8/h2-3H,1H2. The van der Waals surface area contributed by atoms with E-state index < -0.39 is 0 Å². The van der Waals surface area contributed by atoms with Gasteiger partial charge in [0, 0.05) is 0 Å². The van der Waals surface area contributed by atoms with Crippen LogP contribution in [0.2, 0.25) is 0 Å². The number of rotatable bonds is 2. The van der Waals surface area contributed by atoms with Crippen molar-refractivity contribution in [2.45, 2.75) is 0 Å². The van der Waals surface area contributed by atoms with Gasteiger partial charge in [0.1, 0.15) is 7.85 Å². The maximum absolute atomic E-state index is 9.46. The predicted octanol–water partition coefficient (Wildman–Crippen LogP) is 0.518. The van der Waals surface area contributed by atoms with E-state index >= 15 is 0 Å². The van der Waals surface area contributed by atoms with E-state index in [-0.39, 0.29) is 0 Å². The van der Waals surface area contributed by atoms with Crippen molar-refractivity contribution in [2.24, 2.45) is 4.99 Å². The minimum atomic E-state index is 0.308. The molecule has 0 atom stereocenters. The number of nitrogens with zero attached hydrogens (tertiary/aromatic N) is 1. The fraction of sp³-hybridized carbons (Fsp3) is 0. The lowest BCUT2D eigenvalue weighted by molar-refractivity contribution is 0.565. The molecular weight excluding hydrogens is 101 g/mol. The summed E-state index contributed by atoms with van der Waals surface area (Å²) in [5, 5.41) is 0. The zero-order chi connectivity index (χ0) is 6.41. The van der Waals surface area contributed by atoms with Gasteiger partial charge in [0.15, 0.2) is 0 Å². The molecule has 0 rings (SSSR count). The first-order valence-electron chi connectivity index (χ1n) is 1.96. The Kier molecular flexibility index (Phi) is 3.54. The minimum Gasteiger partial charge on any atom is -0.211 e. The molecule has 0 saturated carbocycles. The molecule has 3 heteroatoms. The summed E-state index contributed by atoms with van der Waals surface area (Å²) in [6, 6.07) is 0. The largest absolute Gasteiger partial charge is 0.240 e. The fourth-order valence-corrected chi connectivity index (χ4v) is 0.207. The highest BCUT2D eigenvalue weighted by molar-refractivity contribution is 6.17. The molecule has 8 heavy (non-hydrogen) atoms. The Labute approximate surface area is 49.0 Å². The monoisotopic (exact) mass is 105 g/mol. The van der Waals surface area contributed by atoms with Gasteiger partial charge in [-0.3, -0.25) is 0 Å². The number of allylic oxidation sites excluding steroid dienone is 1. The van der Waals surface area contributed by atoms with Gasteiger partial charge in [0.05, 0.1) is 5.70 Å². The second-order valence-electron chi connectivity index (χ2n) is 1.05. The van der Waals surface area contributed by atoms with Gasteiger partial charge in [-0.1, -0.05) is 12.7 Å². The van der Waals surface area contributed by atoms with Gasteiger partial charge >= 0.3 is 0 Å². The number of hydrogen-bond acceptors (Lipinski definition) is 2. The predicted molar refractivity (Wildman–Crippen MR) is 32.2 cm³/mol.